The van der Waals surface area contributed by atoms with Crippen LogP contribution in [0.5, 0.6) is 0 Å². The highest BCUT2D eigenvalue weighted by Gasteiger charge is 2.10. The van der Waals surface area contributed by atoms with Crippen LogP contribution in [0.1, 0.15) is 12.0 Å². The number of hydrogen-bond acceptors (Lipinski definition) is 2. The lowest BCUT2D eigenvalue weighted by Crippen LogP contribution is -2.14. The first-order chi connectivity index (χ1) is 9.56. The fourth-order valence-corrected chi connectivity index (χ4v) is 3.19. The number of halogens is 2. The largest absolute Gasteiger partial charge is 0.397 e. The topological polar surface area (TPSA) is 55.1 Å². The molecule has 0 spiro atoms. The van der Waals surface area contributed by atoms with E-state index in [1.165, 1.54) is 0 Å². The molecule has 0 saturated heterocycles. The van der Waals surface area contributed by atoms with Gasteiger partial charge in [0.2, 0.25) is 5.91 Å². The second kappa shape index (κ2) is 6.90. The quantitative estimate of drug-likeness (QED) is 0.752. The van der Waals surface area contributed by atoms with Crippen LogP contribution in [0.15, 0.2) is 51.4 Å². The van der Waals surface area contributed by atoms with Crippen molar-refractivity contribution in [3.05, 3.63) is 57.0 Å². The molecule has 3 N–H and O–H groups in total. The van der Waals surface area contributed by atoms with E-state index >= 15 is 0 Å². The number of anilines is 2. The van der Waals surface area contributed by atoms with Crippen LogP contribution in [0, 0.1) is 0 Å². The van der Waals surface area contributed by atoms with Gasteiger partial charge in [-0.1, -0.05) is 46.3 Å². The highest BCUT2D eigenvalue weighted by atomic mass is 79.9. The summed E-state index contributed by atoms with van der Waals surface area (Å²) in [6.07, 6.45) is 1.13. The summed E-state index contributed by atoms with van der Waals surface area (Å²) in [4.78, 5) is 12.0. The molecule has 1 amide bonds. The van der Waals surface area contributed by atoms with E-state index < -0.39 is 0 Å². The zero-order valence-electron chi connectivity index (χ0n) is 10.7. The Kier molecular flexibility index (Phi) is 5.20. The van der Waals surface area contributed by atoms with Gasteiger partial charge in [0, 0.05) is 15.4 Å². The van der Waals surface area contributed by atoms with Crippen molar-refractivity contribution in [2.75, 3.05) is 11.1 Å². The number of nitrogen functional groups attached to an aromatic ring is 1. The van der Waals surface area contributed by atoms with E-state index in [0.29, 0.717) is 24.2 Å². The number of benzene rings is 2. The van der Waals surface area contributed by atoms with Gasteiger partial charge in [-0.3, -0.25) is 4.79 Å². The summed E-state index contributed by atoms with van der Waals surface area (Å²) in [6, 6.07) is 13.5. The molecule has 0 saturated carbocycles. The number of aryl methyl sites for hydroxylation is 1. The fourth-order valence-electron chi connectivity index (χ4n) is 1.83. The molecule has 0 aromatic heterocycles. The molecule has 0 heterocycles. The average Bonchev–Trinajstić information content (AvgIpc) is 2.42. The third-order valence-electron chi connectivity index (χ3n) is 2.83. The van der Waals surface area contributed by atoms with E-state index in [1.54, 1.807) is 6.07 Å². The number of hydrogen-bond donors (Lipinski definition) is 2. The maximum Gasteiger partial charge on any atom is 0.224 e. The Morgan fingerprint density at radius 2 is 1.85 bits per heavy atom. The van der Waals surface area contributed by atoms with Gasteiger partial charge in [-0.15, -0.1) is 0 Å². The van der Waals surface area contributed by atoms with Crippen LogP contribution in [-0.2, 0) is 11.2 Å². The smallest absolute Gasteiger partial charge is 0.224 e. The zero-order valence-corrected chi connectivity index (χ0v) is 13.9. The van der Waals surface area contributed by atoms with E-state index in [4.69, 9.17) is 5.73 Å². The minimum absolute atomic E-state index is 0.0522. The summed E-state index contributed by atoms with van der Waals surface area (Å²) >= 11 is 6.75. The van der Waals surface area contributed by atoms with Gasteiger partial charge in [0.1, 0.15) is 0 Å². The van der Waals surface area contributed by atoms with Crippen molar-refractivity contribution in [3.63, 3.8) is 0 Å². The Balaban J connectivity index is 1.98. The number of nitrogens with one attached hydrogen (secondary N) is 1. The van der Waals surface area contributed by atoms with Crippen molar-refractivity contribution >= 4 is 49.1 Å². The number of rotatable bonds is 4. The molecular weight excluding hydrogens is 384 g/mol. The predicted molar refractivity (Wildman–Crippen MR) is 89.6 cm³/mol. The Labute approximate surface area is 134 Å². The van der Waals surface area contributed by atoms with Crippen molar-refractivity contribution in [2.45, 2.75) is 12.8 Å². The molecular formula is C15H14Br2N2O. The number of amides is 1. The van der Waals surface area contributed by atoms with E-state index in [-0.39, 0.29) is 5.91 Å². The Morgan fingerprint density at radius 1 is 1.15 bits per heavy atom. The number of nitrogens with two attached hydrogens (primary N) is 1. The van der Waals surface area contributed by atoms with Crippen LogP contribution < -0.4 is 11.1 Å². The monoisotopic (exact) mass is 396 g/mol. The molecule has 0 atom stereocenters. The molecule has 5 heteroatoms. The first kappa shape index (κ1) is 15.1. The summed E-state index contributed by atoms with van der Waals surface area (Å²) in [7, 11) is 0. The van der Waals surface area contributed by atoms with Gasteiger partial charge in [0.05, 0.1) is 11.4 Å². The van der Waals surface area contributed by atoms with Gasteiger partial charge in [-0.2, -0.15) is 0 Å². The lowest BCUT2D eigenvalue weighted by Gasteiger charge is -2.11. The molecule has 0 aliphatic rings. The molecule has 20 heavy (non-hydrogen) atoms. The Hall–Kier alpha value is -1.33. The van der Waals surface area contributed by atoms with Crippen molar-refractivity contribution in [1.29, 1.82) is 0 Å². The maximum absolute atomic E-state index is 12.0. The number of carbonyl (C=O) groups excluding carboxylic acids is 1. The average molecular weight is 398 g/mol. The van der Waals surface area contributed by atoms with Crippen LogP contribution in [0.4, 0.5) is 11.4 Å². The van der Waals surface area contributed by atoms with Gasteiger partial charge < -0.3 is 11.1 Å². The van der Waals surface area contributed by atoms with E-state index in [2.05, 4.69) is 37.2 Å². The lowest BCUT2D eigenvalue weighted by molar-refractivity contribution is -0.116. The highest BCUT2D eigenvalue weighted by Crippen LogP contribution is 2.32. The SMILES string of the molecule is Nc1cc(Br)cc(Br)c1NC(=O)CCc1ccccc1. The van der Waals surface area contributed by atoms with Gasteiger partial charge in [-0.05, 0) is 40.0 Å². The van der Waals surface area contributed by atoms with E-state index in [0.717, 1.165) is 14.5 Å². The van der Waals surface area contributed by atoms with Gasteiger partial charge in [-0.25, -0.2) is 0 Å². The molecule has 0 fully saturated rings. The third-order valence-corrected chi connectivity index (χ3v) is 3.92. The second-order valence-corrected chi connectivity index (χ2v) is 6.16. The summed E-state index contributed by atoms with van der Waals surface area (Å²) in [6.45, 7) is 0. The maximum atomic E-state index is 12.0. The molecule has 2 rings (SSSR count). The Bertz CT molecular complexity index is 592. The molecule has 2 aromatic carbocycles. The highest BCUT2D eigenvalue weighted by molar-refractivity contribution is 9.11. The normalized spacial score (nSPS) is 10.3. The summed E-state index contributed by atoms with van der Waals surface area (Å²) < 4.78 is 1.63. The molecule has 104 valence electrons. The van der Waals surface area contributed by atoms with Crippen molar-refractivity contribution in [2.24, 2.45) is 0 Å². The van der Waals surface area contributed by atoms with Crippen LogP contribution in [0.2, 0.25) is 0 Å². The van der Waals surface area contributed by atoms with Gasteiger partial charge in [0.15, 0.2) is 0 Å². The van der Waals surface area contributed by atoms with Crippen LogP contribution in [-0.4, -0.2) is 5.91 Å². The van der Waals surface area contributed by atoms with Crippen LogP contribution >= 0.6 is 31.9 Å². The molecule has 0 aliphatic carbocycles. The zero-order chi connectivity index (χ0) is 14.5. The Morgan fingerprint density at radius 3 is 2.50 bits per heavy atom. The molecule has 0 unspecified atom stereocenters. The fraction of sp³-hybridized carbons (Fsp3) is 0.133. The molecule has 3 nitrogen and oxygen atoms in total. The number of carbonyl (C=O) groups is 1. The summed E-state index contributed by atoms with van der Waals surface area (Å²) in [5, 5.41) is 2.84. The van der Waals surface area contributed by atoms with Gasteiger partial charge in [0.25, 0.3) is 0 Å². The minimum atomic E-state index is -0.0522. The van der Waals surface area contributed by atoms with Gasteiger partial charge >= 0.3 is 0 Å². The van der Waals surface area contributed by atoms with Crippen LogP contribution in [0.25, 0.3) is 0 Å². The minimum Gasteiger partial charge on any atom is -0.397 e. The molecule has 0 bridgehead atoms. The molecule has 0 aliphatic heterocycles. The van der Waals surface area contributed by atoms with Crippen molar-refractivity contribution in [1.82, 2.24) is 0 Å². The summed E-state index contributed by atoms with van der Waals surface area (Å²) in [5.41, 5.74) is 8.19. The third kappa shape index (κ3) is 4.08. The first-order valence-electron chi connectivity index (χ1n) is 6.14. The standard InChI is InChI=1S/C15H14Br2N2O/c16-11-8-12(17)15(13(18)9-11)19-14(20)7-6-10-4-2-1-3-5-10/h1-5,8-9H,6-7,18H2,(H,19,20). The van der Waals surface area contributed by atoms with E-state index in [9.17, 15) is 4.79 Å². The van der Waals surface area contributed by atoms with Crippen LogP contribution in [0.3, 0.4) is 0 Å². The van der Waals surface area contributed by atoms with E-state index in [1.807, 2.05) is 36.4 Å². The predicted octanol–water partition coefficient (Wildman–Crippen LogP) is 4.37. The lowest BCUT2D eigenvalue weighted by atomic mass is 10.1. The van der Waals surface area contributed by atoms with Crippen molar-refractivity contribution in [3.8, 4) is 0 Å². The molecule has 0 radical (unpaired) electrons. The second-order valence-electron chi connectivity index (χ2n) is 4.39. The summed E-state index contributed by atoms with van der Waals surface area (Å²) in [5.74, 6) is -0.0522. The first-order valence-corrected chi connectivity index (χ1v) is 7.73. The van der Waals surface area contributed by atoms with Crippen molar-refractivity contribution < 1.29 is 4.79 Å². The molecule has 2 aromatic rings.